The topological polar surface area (TPSA) is 57.4 Å². The van der Waals surface area contributed by atoms with Crippen LogP contribution in [0.2, 0.25) is 0 Å². The van der Waals surface area contributed by atoms with Gasteiger partial charge in [0, 0.05) is 7.11 Å². The van der Waals surface area contributed by atoms with Crippen molar-refractivity contribution in [1.29, 1.82) is 0 Å². The minimum Gasteiger partial charge on any atom is -0.481 e. The van der Waals surface area contributed by atoms with Crippen LogP contribution in [0.1, 0.15) is 30.3 Å². The van der Waals surface area contributed by atoms with E-state index in [4.69, 9.17) is 14.0 Å². The van der Waals surface area contributed by atoms with Gasteiger partial charge in [-0.3, -0.25) is 0 Å². The second kappa shape index (κ2) is 6.13. The fraction of sp³-hybridized carbons (Fsp3) is 0.385. The predicted octanol–water partition coefficient (Wildman–Crippen LogP) is 3.37. The van der Waals surface area contributed by atoms with Crippen LogP contribution in [0, 0.1) is 0 Å². The Kier molecular flexibility index (Phi) is 4.46. The van der Waals surface area contributed by atoms with Gasteiger partial charge in [0.25, 0.3) is 5.89 Å². The molecule has 1 unspecified atom stereocenters. The van der Waals surface area contributed by atoms with Crippen LogP contribution in [0.25, 0.3) is 0 Å². The maximum Gasteiger partial charge on any atom is 0.416 e. The van der Waals surface area contributed by atoms with Crippen molar-refractivity contribution in [3.8, 4) is 5.75 Å². The van der Waals surface area contributed by atoms with Gasteiger partial charge in [0.2, 0.25) is 0 Å². The lowest BCUT2D eigenvalue weighted by atomic mass is 10.2. The Balaban J connectivity index is 2.10. The molecular weight excluding hydrogens is 289 g/mol. The van der Waals surface area contributed by atoms with Crippen LogP contribution in [0.4, 0.5) is 13.2 Å². The molecule has 21 heavy (non-hydrogen) atoms. The third-order valence-electron chi connectivity index (χ3n) is 2.58. The van der Waals surface area contributed by atoms with Crippen molar-refractivity contribution in [2.24, 2.45) is 0 Å². The molecule has 5 nitrogen and oxygen atoms in total. The summed E-state index contributed by atoms with van der Waals surface area (Å²) in [6, 6.07) is 4.59. The Morgan fingerprint density at radius 2 is 2.10 bits per heavy atom. The average Bonchev–Trinajstić information content (AvgIpc) is 2.87. The first-order valence-electron chi connectivity index (χ1n) is 6.05. The molecular formula is C13H13F3N2O3. The summed E-state index contributed by atoms with van der Waals surface area (Å²) in [5, 5.41) is 3.65. The molecule has 1 atom stereocenters. The number of ether oxygens (including phenoxy) is 2. The number of rotatable bonds is 5. The molecule has 0 aliphatic heterocycles. The van der Waals surface area contributed by atoms with Crippen molar-refractivity contribution in [2.75, 3.05) is 7.11 Å². The summed E-state index contributed by atoms with van der Waals surface area (Å²) in [4.78, 5) is 4.02. The van der Waals surface area contributed by atoms with Gasteiger partial charge in [-0.05, 0) is 25.1 Å². The van der Waals surface area contributed by atoms with Gasteiger partial charge in [-0.2, -0.15) is 18.2 Å². The van der Waals surface area contributed by atoms with Gasteiger partial charge in [-0.1, -0.05) is 11.2 Å². The molecule has 1 aromatic carbocycles. The summed E-state index contributed by atoms with van der Waals surface area (Å²) in [6.07, 6.45) is -5.09. The molecule has 1 aromatic heterocycles. The van der Waals surface area contributed by atoms with E-state index in [9.17, 15) is 13.2 Å². The van der Waals surface area contributed by atoms with Crippen LogP contribution in [0.5, 0.6) is 5.75 Å². The van der Waals surface area contributed by atoms with E-state index in [2.05, 4.69) is 10.1 Å². The highest BCUT2D eigenvalue weighted by molar-refractivity contribution is 5.30. The summed E-state index contributed by atoms with van der Waals surface area (Å²) in [6.45, 7) is 1.78. The van der Waals surface area contributed by atoms with Crippen molar-refractivity contribution in [2.45, 2.75) is 25.8 Å². The fourth-order valence-corrected chi connectivity index (χ4v) is 1.62. The van der Waals surface area contributed by atoms with Gasteiger partial charge in [0.15, 0.2) is 11.9 Å². The predicted molar refractivity (Wildman–Crippen MR) is 65.5 cm³/mol. The van der Waals surface area contributed by atoms with Crippen LogP contribution >= 0.6 is 0 Å². The fourth-order valence-electron chi connectivity index (χ4n) is 1.62. The van der Waals surface area contributed by atoms with Crippen LogP contribution in [0.15, 0.2) is 28.8 Å². The van der Waals surface area contributed by atoms with E-state index < -0.39 is 17.8 Å². The molecule has 114 valence electrons. The van der Waals surface area contributed by atoms with E-state index in [1.807, 2.05) is 0 Å². The van der Waals surface area contributed by atoms with Gasteiger partial charge in [0.05, 0.1) is 5.56 Å². The smallest absolute Gasteiger partial charge is 0.416 e. The van der Waals surface area contributed by atoms with E-state index in [1.54, 1.807) is 6.92 Å². The largest absolute Gasteiger partial charge is 0.481 e. The molecule has 0 saturated carbocycles. The quantitative estimate of drug-likeness (QED) is 0.847. The van der Waals surface area contributed by atoms with Crippen LogP contribution in [-0.2, 0) is 17.5 Å². The number of alkyl halides is 3. The summed E-state index contributed by atoms with van der Waals surface area (Å²) >= 11 is 0. The molecule has 2 rings (SSSR count). The molecule has 0 spiro atoms. The number of hydrogen-bond acceptors (Lipinski definition) is 5. The molecule has 0 bridgehead atoms. The van der Waals surface area contributed by atoms with Crippen LogP contribution in [0.3, 0.4) is 0 Å². The molecule has 0 aliphatic carbocycles. The first-order chi connectivity index (χ1) is 9.90. The zero-order valence-corrected chi connectivity index (χ0v) is 11.3. The molecule has 0 N–H and O–H groups in total. The maximum absolute atomic E-state index is 12.6. The van der Waals surface area contributed by atoms with E-state index in [1.165, 1.54) is 19.2 Å². The van der Waals surface area contributed by atoms with Crippen molar-refractivity contribution >= 4 is 0 Å². The van der Waals surface area contributed by atoms with Gasteiger partial charge in [-0.15, -0.1) is 0 Å². The zero-order valence-electron chi connectivity index (χ0n) is 11.3. The van der Waals surface area contributed by atoms with Crippen LogP contribution in [-0.4, -0.2) is 17.3 Å². The lowest BCUT2D eigenvalue weighted by Gasteiger charge is -2.13. The van der Waals surface area contributed by atoms with Crippen molar-refractivity contribution < 1.29 is 27.2 Å². The molecule has 0 radical (unpaired) electrons. The lowest BCUT2D eigenvalue weighted by molar-refractivity contribution is -0.137. The SMILES string of the molecule is COCc1noc(C(C)Oc2cccc(C(F)(F)F)c2)n1. The highest BCUT2D eigenvalue weighted by atomic mass is 19.4. The van der Waals surface area contributed by atoms with Gasteiger partial charge in [-0.25, -0.2) is 0 Å². The Morgan fingerprint density at radius 1 is 1.33 bits per heavy atom. The summed E-state index contributed by atoms with van der Waals surface area (Å²) < 4.78 is 53.0. The molecule has 0 saturated heterocycles. The number of aromatic nitrogens is 2. The molecule has 0 amide bonds. The zero-order chi connectivity index (χ0) is 15.5. The third-order valence-corrected chi connectivity index (χ3v) is 2.58. The molecule has 8 heteroatoms. The van der Waals surface area contributed by atoms with E-state index in [0.717, 1.165) is 12.1 Å². The highest BCUT2D eigenvalue weighted by Gasteiger charge is 2.30. The monoisotopic (exact) mass is 302 g/mol. The number of methoxy groups -OCH3 is 1. The van der Waals surface area contributed by atoms with Gasteiger partial charge >= 0.3 is 6.18 Å². The van der Waals surface area contributed by atoms with E-state index in [0.29, 0.717) is 5.82 Å². The molecule has 0 aliphatic rings. The Morgan fingerprint density at radius 3 is 2.76 bits per heavy atom. The van der Waals surface area contributed by atoms with Crippen molar-refractivity contribution in [3.05, 3.63) is 41.5 Å². The lowest BCUT2D eigenvalue weighted by Crippen LogP contribution is -2.07. The Hall–Kier alpha value is -2.09. The summed E-state index contributed by atoms with van der Waals surface area (Å²) in [5.74, 6) is 0.579. The first-order valence-corrected chi connectivity index (χ1v) is 6.05. The third kappa shape index (κ3) is 3.94. The first kappa shape index (κ1) is 15.3. The second-order valence-corrected chi connectivity index (χ2v) is 4.27. The van der Waals surface area contributed by atoms with E-state index in [-0.39, 0.29) is 18.2 Å². The standard InChI is InChI=1S/C13H13F3N2O3/c1-8(12-17-11(7-19-2)18-21-12)20-10-5-3-4-9(6-10)13(14,15)16/h3-6,8H,7H2,1-2H3. The van der Waals surface area contributed by atoms with Gasteiger partial charge in [0.1, 0.15) is 12.4 Å². The number of benzene rings is 1. The Bertz CT molecular complexity index is 598. The summed E-state index contributed by atoms with van der Waals surface area (Å²) in [5.41, 5.74) is -0.780. The van der Waals surface area contributed by atoms with E-state index >= 15 is 0 Å². The molecule has 1 heterocycles. The highest BCUT2D eigenvalue weighted by Crippen LogP contribution is 2.32. The number of halogens is 3. The summed E-state index contributed by atoms with van der Waals surface area (Å²) in [7, 11) is 1.48. The average molecular weight is 302 g/mol. The molecule has 0 fully saturated rings. The van der Waals surface area contributed by atoms with Crippen molar-refractivity contribution in [3.63, 3.8) is 0 Å². The number of nitrogens with zero attached hydrogens (tertiary/aromatic N) is 2. The van der Waals surface area contributed by atoms with Crippen molar-refractivity contribution in [1.82, 2.24) is 10.1 Å². The normalized spacial score (nSPS) is 13.2. The molecule has 2 aromatic rings. The van der Waals surface area contributed by atoms with Gasteiger partial charge < -0.3 is 14.0 Å². The minimum atomic E-state index is -4.42. The maximum atomic E-state index is 12.6. The second-order valence-electron chi connectivity index (χ2n) is 4.27. The minimum absolute atomic E-state index is 0.0730. The number of hydrogen-bond donors (Lipinski definition) is 0. The Labute approximate surface area is 118 Å². The van der Waals surface area contributed by atoms with Crippen LogP contribution < -0.4 is 4.74 Å².